The van der Waals surface area contributed by atoms with E-state index in [9.17, 15) is 15.3 Å². The number of hydrogen-bond acceptors (Lipinski definition) is 6. The number of nitriles is 2. The molecule has 4 rings (SSSR count). The van der Waals surface area contributed by atoms with Gasteiger partial charge in [0.05, 0.1) is 31.5 Å². The second-order valence-electron chi connectivity index (χ2n) is 8.61. The molecule has 4 aromatic rings. The van der Waals surface area contributed by atoms with Crippen molar-refractivity contribution >= 4 is 38.7 Å². The van der Waals surface area contributed by atoms with Gasteiger partial charge in [0.25, 0.3) is 0 Å². The summed E-state index contributed by atoms with van der Waals surface area (Å²) in [7, 11) is 1.60. The topological polar surface area (TPSA) is 92.3 Å². The fraction of sp³-hybridized carbons (Fsp3) is 0.156. The number of carbonyl (C=O) groups is 1. The van der Waals surface area contributed by atoms with Gasteiger partial charge in [-0.05, 0) is 29.8 Å². The Labute approximate surface area is 221 Å². The number of esters is 1. The first-order chi connectivity index (χ1) is 18.5. The van der Waals surface area contributed by atoms with Crippen molar-refractivity contribution in [2.45, 2.75) is 13.3 Å². The molecule has 0 aliphatic carbocycles. The van der Waals surface area contributed by atoms with Crippen LogP contribution < -0.4 is 9.47 Å². The van der Waals surface area contributed by atoms with Crippen LogP contribution in [0.5, 0.6) is 11.5 Å². The average Bonchev–Trinajstić information content (AvgIpc) is 2.94. The Hall–Kier alpha value is -5.07. The SMILES string of the molecule is C=C(C)C(=O)OCCCOc1cccc2c(/C(C#N)=C(\C#N)c3cccc4c(OC)cccc34)cccc12. The third-order valence-corrected chi connectivity index (χ3v) is 6.12. The number of allylic oxidation sites excluding steroid dienone is 2. The molecule has 6 nitrogen and oxygen atoms in total. The summed E-state index contributed by atoms with van der Waals surface area (Å²) >= 11 is 0. The standard InChI is InChI=1S/C32H26N2O4/c1-21(2)32(35)38-18-8-17-37-31-16-7-12-23-25(10-5-14-27(23)31)29(20-34)28(19-33)24-9-4-13-26-22(24)11-6-15-30(26)36-3/h4-7,9-16H,1,8,17-18H2,2-3H3/b29-28+. The summed E-state index contributed by atoms with van der Waals surface area (Å²) in [6.45, 7) is 5.74. The van der Waals surface area contributed by atoms with Crippen LogP contribution in [0.3, 0.4) is 0 Å². The third-order valence-electron chi connectivity index (χ3n) is 6.12. The molecule has 0 bridgehead atoms. The molecule has 0 spiro atoms. The van der Waals surface area contributed by atoms with E-state index >= 15 is 0 Å². The smallest absolute Gasteiger partial charge is 0.333 e. The van der Waals surface area contributed by atoms with Gasteiger partial charge in [-0.1, -0.05) is 67.2 Å². The molecule has 0 N–H and O–H groups in total. The zero-order valence-electron chi connectivity index (χ0n) is 21.3. The monoisotopic (exact) mass is 502 g/mol. The Balaban J connectivity index is 1.73. The summed E-state index contributed by atoms with van der Waals surface area (Å²) in [5.41, 5.74) is 2.21. The maximum atomic E-state index is 11.5. The van der Waals surface area contributed by atoms with Crippen molar-refractivity contribution in [1.82, 2.24) is 0 Å². The fourth-order valence-corrected chi connectivity index (χ4v) is 4.33. The normalized spacial score (nSPS) is 11.3. The van der Waals surface area contributed by atoms with Crippen LogP contribution in [-0.4, -0.2) is 26.3 Å². The minimum absolute atomic E-state index is 0.227. The minimum Gasteiger partial charge on any atom is -0.496 e. The molecule has 0 fully saturated rings. The first kappa shape index (κ1) is 26.0. The van der Waals surface area contributed by atoms with Crippen molar-refractivity contribution < 1.29 is 19.0 Å². The molecule has 0 saturated carbocycles. The van der Waals surface area contributed by atoms with Gasteiger partial charge < -0.3 is 14.2 Å². The molecule has 0 radical (unpaired) electrons. The lowest BCUT2D eigenvalue weighted by molar-refractivity contribution is -0.139. The van der Waals surface area contributed by atoms with E-state index in [0.29, 0.717) is 41.2 Å². The van der Waals surface area contributed by atoms with Crippen molar-refractivity contribution in [3.63, 3.8) is 0 Å². The van der Waals surface area contributed by atoms with Crippen molar-refractivity contribution in [1.29, 1.82) is 10.5 Å². The van der Waals surface area contributed by atoms with Gasteiger partial charge in [-0.3, -0.25) is 0 Å². The van der Waals surface area contributed by atoms with Gasteiger partial charge in [-0.25, -0.2) is 4.79 Å². The number of hydrogen-bond donors (Lipinski definition) is 0. The van der Waals surface area contributed by atoms with Gasteiger partial charge in [0.15, 0.2) is 0 Å². The van der Waals surface area contributed by atoms with E-state index < -0.39 is 5.97 Å². The Morgan fingerprint density at radius 1 is 0.763 bits per heavy atom. The lowest BCUT2D eigenvalue weighted by atomic mass is 9.90. The van der Waals surface area contributed by atoms with Crippen LogP contribution in [0.2, 0.25) is 0 Å². The van der Waals surface area contributed by atoms with Gasteiger partial charge in [-0.15, -0.1) is 0 Å². The summed E-state index contributed by atoms with van der Waals surface area (Å²) in [6, 6.07) is 27.1. The molecule has 38 heavy (non-hydrogen) atoms. The lowest BCUT2D eigenvalue weighted by Gasteiger charge is -2.14. The number of ether oxygens (including phenoxy) is 3. The quantitative estimate of drug-likeness (QED) is 0.0817. The van der Waals surface area contributed by atoms with Gasteiger partial charge >= 0.3 is 5.97 Å². The van der Waals surface area contributed by atoms with Gasteiger partial charge in [-0.2, -0.15) is 10.5 Å². The highest BCUT2D eigenvalue weighted by Gasteiger charge is 2.18. The molecule has 0 aliphatic rings. The molecule has 0 atom stereocenters. The Kier molecular flexibility index (Phi) is 8.06. The summed E-state index contributed by atoms with van der Waals surface area (Å²) in [6.07, 6.45) is 0.515. The Morgan fingerprint density at radius 2 is 1.26 bits per heavy atom. The van der Waals surface area contributed by atoms with E-state index in [2.05, 4.69) is 18.7 Å². The van der Waals surface area contributed by atoms with E-state index in [0.717, 1.165) is 21.5 Å². The largest absolute Gasteiger partial charge is 0.496 e. The molecule has 4 aromatic carbocycles. The number of carbonyl (C=O) groups excluding carboxylic acids is 1. The van der Waals surface area contributed by atoms with Crippen LogP contribution in [0.15, 0.2) is 84.9 Å². The van der Waals surface area contributed by atoms with Gasteiger partial charge in [0.2, 0.25) is 0 Å². The van der Waals surface area contributed by atoms with Crippen molar-refractivity contribution in [3.8, 4) is 23.6 Å². The molecule has 0 aromatic heterocycles. The highest BCUT2D eigenvalue weighted by atomic mass is 16.5. The molecule has 0 saturated heterocycles. The van der Waals surface area contributed by atoms with Crippen LogP contribution in [0.4, 0.5) is 0 Å². The van der Waals surface area contributed by atoms with E-state index in [1.165, 1.54) is 0 Å². The highest BCUT2D eigenvalue weighted by Crippen LogP contribution is 2.37. The average molecular weight is 503 g/mol. The van der Waals surface area contributed by atoms with Crippen molar-refractivity contribution in [2.75, 3.05) is 20.3 Å². The van der Waals surface area contributed by atoms with Gasteiger partial charge in [0, 0.05) is 33.9 Å². The van der Waals surface area contributed by atoms with Gasteiger partial charge in [0.1, 0.15) is 23.6 Å². The molecule has 0 unspecified atom stereocenters. The third kappa shape index (κ3) is 5.21. The molecule has 6 heteroatoms. The van der Waals surface area contributed by atoms with Crippen LogP contribution in [0.25, 0.3) is 32.7 Å². The second-order valence-corrected chi connectivity index (χ2v) is 8.61. The number of benzene rings is 4. The lowest BCUT2D eigenvalue weighted by Crippen LogP contribution is -2.09. The first-order valence-electron chi connectivity index (χ1n) is 12.1. The highest BCUT2D eigenvalue weighted by molar-refractivity contribution is 6.13. The second kappa shape index (κ2) is 11.8. The molecular weight excluding hydrogens is 476 g/mol. The van der Waals surface area contributed by atoms with E-state index in [4.69, 9.17) is 14.2 Å². The summed E-state index contributed by atoms with van der Waals surface area (Å²) in [5.74, 6) is 0.913. The van der Waals surface area contributed by atoms with E-state index in [-0.39, 0.29) is 17.8 Å². The number of fused-ring (bicyclic) bond motifs is 2. The fourth-order valence-electron chi connectivity index (χ4n) is 4.33. The maximum Gasteiger partial charge on any atom is 0.333 e. The van der Waals surface area contributed by atoms with Crippen molar-refractivity contribution in [2.24, 2.45) is 0 Å². The summed E-state index contributed by atoms with van der Waals surface area (Å²) in [4.78, 5) is 11.5. The minimum atomic E-state index is -0.423. The molecule has 0 amide bonds. The number of nitrogens with zero attached hydrogens (tertiary/aromatic N) is 2. The Bertz CT molecular complexity index is 1650. The molecule has 0 heterocycles. The van der Waals surface area contributed by atoms with E-state index in [1.54, 1.807) is 14.0 Å². The summed E-state index contributed by atoms with van der Waals surface area (Å²) in [5, 5.41) is 23.8. The summed E-state index contributed by atoms with van der Waals surface area (Å²) < 4.78 is 16.6. The number of rotatable bonds is 9. The Morgan fingerprint density at radius 3 is 1.79 bits per heavy atom. The molecule has 0 aliphatic heterocycles. The van der Waals surface area contributed by atoms with Crippen LogP contribution >= 0.6 is 0 Å². The van der Waals surface area contributed by atoms with Crippen molar-refractivity contribution in [3.05, 3.63) is 96.1 Å². The number of methoxy groups -OCH3 is 1. The predicted molar refractivity (Wildman–Crippen MR) is 148 cm³/mol. The van der Waals surface area contributed by atoms with Crippen LogP contribution in [0, 0.1) is 22.7 Å². The van der Waals surface area contributed by atoms with Crippen LogP contribution in [0.1, 0.15) is 24.5 Å². The first-order valence-corrected chi connectivity index (χ1v) is 12.1. The predicted octanol–water partition coefficient (Wildman–Crippen LogP) is 6.85. The maximum absolute atomic E-state index is 11.5. The molecular formula is C32H26N2O4. The zero-order chi connectivity index (χ0) is 27.1. The van der Waals surface area contributed by atoms with E-state index in [1.807, 2.05) is 72.8 Å². The van der Waals surface area contributed by atoms with Crippen LogP contribution in [-0.2, 0) is 9.53 Å². The zero-order valence-corrected chi connectivity index (χ0v) is 21.3. The molecule has 188 valence electrons.